The molecule has 1 atom stereocenters. The van der Waals surface area contributed by atoms with Gasteiger partial charge in [-0.25, -0.2) is 8.42 Å². The van der Waals surface area contributed by atoms with Crippen LogP contribution < -0.4 is 11.1 Å². The maximum atomic E-state index is 11.9. The number of carbonyl (C=O) groups excluding carboxylic acids is 1. The van der Waals surface area contributed by atoms with Crippen molar-refractivity contribution in [2.45, 2.75) is 26.0 Å². The van der Waals surface area contributed by atoms with Crippen molar-refractivity contribution in [1.29, 1.82) is 0 Å². The molecule has 1 amide bonds. The van der Waals surface area contributed by atoms with E-state index in [1.807, 2.05) is 0 Å². The lowest BCUT2D eigenvalue weighted by Crippen LogP contribution is -2.45. The first-order valence-corrected chi connectivity index (χ1v) is 6.86. The van der Waals surface area contributed by atoms with Crippen molar-refractivity contribution in [2.75, 3.05) is 26.2 Å². The topological polar surface area (TPSA) is 92.5 Å². The molecule has 0 aromatic rings. The first kappa shape index (κ1) is 15.3. The maximum Gasteiger partial charge on any atom is 0.235 e. The fourth-order valence-corrected chi connectivity index (χ4v) is 2.58. The minimum atomic E-state index is -3.47. The largest absolute Gasteiger partial charge is 0.355 e. The molecule has 7 heteroatoms. The highest BCUT2D eigenvalue weighted by Gasteiger charge is 2.27. The number of carbonyl (C=O) groups is 1. The molecule has 0 saturated carbocycles. The molecule has 0 aromatic heterocycles. The summed E-state index contributed by atoms with van der Waals surface area (Å²) in [4.78, 5) is 11.3. The zero-order valence-electron chi connectivity index (χ0n) is 10.1. The van der Waals surface area contributed by atoms with Gasteiger partial charge in [-0.1, -0.05) is 6.92 Å². The Hall–Kier alpha value is -0.660. The molecule has 0 saturated heterocycles. The lowest BCUT2D eigenvalue weighted by molar-refractivity contribution is -0.121. The van der Waals surface area contributed by atoms with Crippen molar-refractivity contribution in [2.24, 2.45) is 5.73 Å². The average molecular weight is 251 g/mol. The van der Waals surface area contributed by atoms with Gasteiger partial charge in [-0.3, -0.25) is 4.79 Å². The van der Waals surface area contributed by atoms with Crippen molar-refractivity contribution >= 4 is 15.9 Å². The predicted molar refractivity (Wildman–Crippen MR) is 63.4 cm³/mol. The van der Waals surface area contributed by atoms with Gasteiger partial charge in [-0.15, -0.1) is 0 Å². The van der Waals surface area contributed by atoms with E-state index in [0.717, 1.165) is 4.31 Å². The fraction of sp³-hybridized carbons (Fsp3) is 0.889. The van der Waals surface area contributed by atoms with Gasteiger partial charge >= 0.3 is 0 Å². The van der Waals surface area contributed by atoms with Crippen LogP contribution in [0.5, 0.6) is 0 Å². The van der Waals surface area contributed by atoms with Crippen molar-refractivity contribution < 1.29 is 13.2 Å². The Morgan fingerprint density at radius 3 is 2.38 bits per heavy atom. The van der Waals surface area contributed by atoms with Crippen molar-refractivity contribution in [3.05, 3.63) is 0 Å². The van der Waals surface area contributed by atoms with Crippen LogP contribution in [0.2, 0.25) is 0 Å². The second-order valence-electron chi connectivity index (χ2n) is 3.47. The molecule has 0 aliphatic heterocycles. The van der Waals surface area contributed by atoms with Crippen LogP contribution in [0.3, 0.4) is 0 Å². The van der Waals surface area contributed by atoms with Crippen LogP contribution in [-0.4, -0.2) is 50.1 Å². The van der Waals surface area contributed by atoms with Gasteiger partial charge in [0.2, 0.25) is 15.9 Å². The molecule has 0 aliphatic rings. The maximum absolute atomic E-state index is 11.9. The van der Waals surface area contributed by atoms with Gasteiger partial charge in [0, 0.05) is 19.6 Å². The summed E-state index contributed by atoms with van der Waals surface area (Å²) < 4.78 is 24.9. The summed E-state index contributed by atoms with van der Waals surface area (Å²) in [6.07, 6.45) is 0. The summed E-state index contributed by atoms with van der Waals surface area (Å²) in [7, 11) is -3.47. The number of nitrogens with two attached hydrogens (primary N) is 1. The Bertz CT molecular complexity index is 316. The number of amides is 1. The standard InChI is InChI=1S/C9H21N3O3S/c1-4-11-9(13)7-12(5-2)16(14,15)8(3)6-10/h8H,4-7,10H2,1-3H3,(H,11,13). The molecule has 16 heavy (non-hydrogen) atoms. The fourth-order valence-electron chi connectivity index (χ4n) is 1.17. The van der Waals surface area contributed by atoms with Crippen LogP contribution in [0.1, 0.15) is 20.8 Å². The number of sulfonamides is 1. The highest BCUT2D eigenvalue weighted by Crippen LogP contribution is 2.07. The Morgan fingerprint density at radius 2 is 2.00 bits per heavy atom. The van der Waals surface area contributed by atoms with Gasteiger partial charge in [-0.2, -0.15) is 4.31 Å². The van der Waals surface area contributed by atoms with E-state index in [1.165, 1.54) is 6.92 Å². The zero-order chi connectivity index (χ0) is 12.8. The molecule has 0 aliphatic carbocycles. The molecule has 3 N–H and O–H groups in total. The van der Waals surface area contributed by atoms with E-state index in [9.17, 15) is 13.2 Å². The smallest absolute Gasteiger partial charge is 0.235 e. The molecule has 0 radical (unpaired) electrons. The summed E-state index contributed by atoms with van der Waals surface area (Å²) in [6.45, 7) is 5.68. The predicted octanol–water partition coefficient (Wildman–Crippen LogP) is -0.879. The average Bonchev–Trinajstić information content (AvgIpc) is 2.24. The summed E-state index contributed by atoms with van der Waals surface area (Å²) in [6, 6.07) is 0. The first-order chi connectivity index (χ1) is 7.39. The molecule has 0 aromatic carbocycles. The second kappa shape index (κ2) is 6.82. The highest BCUT2D eigenvalue weighted by molar-refractivity contribution is 7.89. The lowest BCUT2D eigenvalue weighted by atomic mass is 10.5. The number of likely N-dealkylation sites (N-methyl/N-ethyl adjacent to an activating group) is 2. The monoisotopic (exact) mass is 251 g/mol. The van der Waals surface area contributed by atoms with Crippen LogP contribution in [0, 0.1) is 0 Å². The van der Waals surface area contributed by atoms with E-state index in [2.05, 4.69) is 5.32 Å². The summed E-state index contributed by atoms with van der Waals surface area (Å²) in [5.41, 5.74) is 5.33. The van der Waals surface area contributed by atoms with Crippen LogP contribution in [-0.2, 0) is 14.8 Å². The number of hydrogen-bond donors (Lipinski definition) is 2. The van der Waals surface area contributed by atoms with Crippen LogP contribution in [0.15, 0.2) is 0 Å². The van der Waals surface area contributed by atoms with Gasteiger partial charge in [-0.05, 0) is 13.8 Å². The minimum Gasteiger partial charge on any atom is -0.355 e. The molecule has 0 fully saturated rings. The molecule has 1 unspecified atom stereocenters. The normalized spacial score (nSPS) is 13.8. The minimum absolute atomic E-state index is 0.0498. The number of nitrogens with one attached hydrogen (secondary N) is 1. The molecule has 0 rings (SSSR count). The third-order valence-corrected chi connectivity index (χ3v) is 4.56. The lowest BCUT2D eigenvalue weighted by Gasteiger charge is -2.23. The summed E-state index contributed by atoms with van der Waals surface area (Å²) >= 11 is 0. The summed E-state index contributed by atoms with van der Waals surface area (Å²) in [5.74, 6) is -0.294. The van der Waals surface area contributed by atoms with Gasteiger partial charge in [0.15, 0.2) is 0 Å². The van der Waals surface area contributed by atoms with Crippen molar-refractivity contribution in [3.8, 4) is 0 Å². The highest BCUT2D eigenvalue weighted by atomic mass is 32.2. The molecule has 0 spiro atoms. The quantitative estimate of drug-likeness (QED) is 0.614. The van der Waals surface area contributed by atoms with E-state index in [0.29, 0.717) is 6.54 Å². The Morgan fingerprint density at radius 1 is 1.44 bits per heavy atom. The van der Waals surface area contributed by atoms with E-state index in [4.69, 9.17) is 5.73 Å². The number of hydrogen-bond acceptors (Lipinski definition) is 4. The van der Waals surface area contributed by atoms with E-state index < -0.39 is 15.3 Å². The molecule has 96 valence electrons. The van der Waals surface area contributed by atoms with Crippen LogP contribution in [0.4, 0.5) is 0 Å². The van der Waals surface area contributed by atoms with Gasteiger partial charge < -0.3 is 11.1 Å². The van der Waals surface area contributed by atoms with E-state index in [1.54, 1.807) is 13.8 Å². The molecule has 6 nitrogen and oxygen atoms in total. The molecule has 0 bridgehead atoms. The third kappa shape index (κ3) is 4.07. The molecular weight excluding hydrogens is 230 g/mol. The Labute approximate surface area is 97.2 Å². The number of rotatable bonds is 7. The van der Waals surface area contributed by atoms with Crippen molar-refractivity contribution in [3.63, 3.8) is 0 Å². The van der Waals surface area contributed by atoms with E-state index in [-0.39, 0.29) is 25.5 Å². The van der Waals surface area contributed by atoms with E-state index >= 15 is 0 Å². The number of nitrogens with zero attached hydrogens (tertiary/aromatic N) is 1. The van der Waals surface area contributed by atoms with Crippen molar-refractivity contribution in [1.82, 2.24) is 9.62 Å². The second-order valence-corrected chi connectivity index (χ2v) is 5.82. The summed E-state index contributed by atoms with van der Waals surface area (Å²) in [5, 5.41) is 1.90. The zero-order valence-corrected chi connectivity index (χ0v) is 10.9. The molecule has 0 heterocycles. The van der Waals surface area contributed by atoms with Gasteiger partial charge in [0.25, 0.3) is 0 Å². The Balaban J connectivity index is 4.67. The van der Waals surface area contributed by atoms with Gasteiger partial charge in [0.05, 0.1) is 11.8 Å². The third-order valence-electron chi connectivity index (χ3n) is 2.25. The SMILES string of the molecule is CCNC(=O)CN(CC)S(=O)(=O)C(C)CN. The van der Waals surface area contributed by atoms with Crippen LogP contribution in [0.25, 0.3) is 0 Å². The molecular formula is C9H21N3O3S. The first-order valence-electron chi connectivity index (χ1n) is 5.35. The Kier molecular flexibility index (Phi) is 6.54. The van der Waals surface area contributed by atoms with Crippen LogP contribution >= 0.6 is 0 Å². The van der Waals surface area contributed by atoms with Gasteiger partial charge in [0.1, 0.15) is 0 Å².